The van der Waals surface area contributed by atoms with Crippen LogP contribution in [0.25, 0.3) is 0 Å². The lowest BCUT2D eigenvalue weighted by atomic mass is 9.71. The van der Waals surface area contributed by atoms with E-state index >= 15 is 0 Å². The summed E-state index contributed by atoms with van der Waals surface area (Å²) >= 11 is 0. The van der Waals surface area contributed by atoms with Crippen molar-refractivity contribution in [1.82, 2.24) is 4.90 Å². The van der Waals surface area contributed by atoms with Crippen LogP contribution in [0.3, 0.4) is 0 Å². The minimum Gasteiger partial charge on any atom is -0.444 e. The Labute approximate surface area is 132 Å². The standard InChI is InChI=1S/C18H25NO3/c1-4-5-7-12-15(20)22-13-19-16(18(2,3)17(19)21)14-10-8-6-9-11-14/h6,8-11,16H,4-5,7,12-13H2,1-3H3. The molecule has 120 valence electrons. The molecule has 4 heteroatoms. The van der Waals surface area contributed by atoms with Crippen molar-refractivity contribution in [2.75, 3.05) is 6.73 Å². The van der Waals surface area contributed by atoms with Gasteiger partial charge in [-0.2, -0.15) is 0 Å². The number of ether oxygens (including phenoxy) is 1. The SMILES string of the molecule is CCCCCC(=O)OCN1C(=O)C(C)(C)C1c1ccccc1. The van der Waals surface area contributed by atoms with E-state index in [4.69, 9.17) is 4.74 Å². The average Bonchev–Trinajstić information content (AvgIpc) is 2.51. The molecule has 1 aromatic carbocycles. The second-order valence-corrected chi connectivity index (χ2v) is 6.41. The summed E-state index contributed by atoms with van der Waals surface area (Å²) in [6.07, 6.45) is 3.37. The van der Waals surface area contributed by atoms with Crippen molar-refractivity contribution in [1.29, 1.82) is 0 Å². The maximum atomic E-state index is 12.3. The van der Waals surface area contributed by atoms with E-state index in [1.165, 1.54) is 0 Å². The van der Waals surface area contributed by atoms with E-state index in [2.05, 4.69) is 6.92 Å². The van der Waals surface area contributed by atoms with Crippen molar-refractivity contribution in [2.45, 2.75) is 52.5 Å². The van der Waals surface area contributed by atoms with Gasteiger partial charge in [0.2, 0.25) is 5.91 Å². The largest absolute Gasteiger partial charge is 0.444 e. The van der Waals surface area contributed by atoms with Gasteiger partial charge in [-0.05, 0) is 25.8 Å². The molecular formula is C18H25NO3. The molecule has 1 atom stereocenters. The van der Waals surface area contributed by atoms with Crippen molar-refractivity contribution in [2.24, 2.45) is 5.41 Å². The van der Waals surface area contributed by atoms with Crippen LogP contribution in [-0.2, 0) is 14.3 Å². The fourth-order valence-electron chi connectivity index (χ4n) is 3.03. The summed E-state index contributed by atoms with van der Waals surface area (Å²) in [7, 11) is 0. The number of nitrogens with zero attached hydrogens (tertiary/aromatic N) is 1. The highest BCUT2D eigenvalue weighted by Crippen LogP contribution is 2.49. The summed E-state index contributed by atoms with van der Waals surface area (Å²) in [5.41, 5.74) is 0.629. The molecule has 0 aliphatic carbocycles. The first kappa shape index (κ1) is 16.5. The predicted molar refractivity (Wildman–Crippen MR) is 84.9 cm³/mol. The number of hydrogen-bond donors (Lipinski definition) is 0. The monoisotopic (exact) mass is 303 g/mol. The number of amides is 1. The molecule has 1 fully saturated rings. The van der Waals surface area contributed by atoms with Crippen LogP contribution >= 0.6 is 0 Å². The van der Waals surface area contributed by atoms with Crippen molar-refractivity contribution in [3.05, 3.63) is 35.9 Å². The number of likely N-dealkylation sites (tertiary alicyclic amines) is 1. The molecule has 1 aromatic rings. The topological polar surface area (TPSA) is 46.6 Å². The van der Waals surface area contributed by atoms with Crippen LogP contribution in [0.2, 0.25) is 0 Å². The summed E-state index contributed by atoms with van der Waals surface area (Å²) < 4.78 is 5.27. The third-order valence-corrected chi connectivity index (χ3v) is 4.27. The number of carbonyl (C=O) groups is 2. The molecule has 0 N–H and O–H groups in total. The molecule has 0 aromatic heterocycles. The van der Waals surface area contributed by atoms with Crippen LogP contribution in [0.15, 0.2) is 30.3 Å². The molecule has 1 aliphatic rings. The minimum absolute atomic E-state index is 0.0303. The van der Waals surface area contributed by atoms with Gasteiger partial charge in [-0.25, -0.2) is 0 Å². The smallest absolute Gasteiger partial charge is 0.307 e. The summed E-state index contributed by atoms with van der Waals surface area (Å²) in [6, 6.07) is 9.86. The van der Waals surface area contributed by atoms with Gasteiger partial charge in [0.15, 0.2) is 6.73 Å². The van der Waals surface area contributed by atoms with Crippen LogP contribution in [-0.4, -0.2) is 23.5 Å². The molecule has 22 heavy (non-hydrogen) atoms. The number of rotatable bonds is 7. The first-order valence-corrected chi connectivity index (χ1v) is 8.00. The lowest BCUT2D eigenvalue weighted by molar-refractivity contribution is -0.184. The highest BCUT2D eigenvalue weighted by molar-refractivity contribution is 5.90. The van der Waals surface area contributed by atoms with Gasteiger partial charge in [0.05, 0.1) is 11.5 Å². The zero-order valence-electron chi connectivity index (χ0n) is 13.7. The molecule has 2 rings (SSSR count). The molecule has 1 aliphatic heterocycles. The lowest BCUT2D eigenvalue weighted by Gasteiger charge is -2.52. The second kappa shape index (κ2) is 6.95. The van der Waals surface area contributed by atoms with Gasteiger partial charge in [-0.1, -0.05) is 50.1 Å². The van der Waals surface area contributed by atoms with E-state index in [1.807, 2.05) is 44.2 Å². The summed E-state index contributed by atoms with van der Waals surface area (Å²) in [5.74, 6) is -0.194. The molecule has 1 unspecified atom stereocenters. The number of carbonyl (C=O) groups excluding carboxylic acids is 2. The number of benzene rings is 1. The Morgan fingerprint density at radius 3 is 2.55 bits per heavy atom. The molecule has 1 amide bonds. The molecule has 1 saturated heterocycles. The molecule has 0 saturated carbocycles. The van der Waals surface area contributed by atoms with Crippen LogP contribution in [0.1, 0.15) is 58.1 Å². The average molecular weight is 303 g/mol. The van der Waals surface area contributed by atoms with E-state index in [-0.39, 0.29) is 24.6 Å². The first-order valence-electron chi connectivity index (χ1n) is 8.00. The van der Waals surface area contributed by atoms with Gasteiger partial charge in [0.25, 0.3) is 0 Å². The Morgan fingerprint density at radius 2 is 1.91 bits per heavy atom. The van der Waals surface area contributed by atoms with Gasteiger partial charge in [-0.15, -0.1) is 0 Å². The fraction of sp³-hybridized carbons (Fsp3) is 0.556. The first-order chi connectivity index (χ1) is 10.5. The molecule has 0 bridgehead atoms. The molecule has 4 nitrogen and oxygen atoms in total. The highest BCUT2D eigenvalue weighted by Gasteiger charge is 2.54. The maximum absolute atomic E-state index is 12.3. The third-order valence-electron chi connectivity index (χ3n) is 4.27. The lowest BCUT2D eigenvalue weighted by Crippen LogP contribution is -2.61. The Hall–Kier alpha value is -1.84. The van der Waals surface area contributed by atoms with E-state index in [0.717, 1.165) is 24.8 Å². The normalized spacial score (nSPS) is 19.7. The van der Waals surface area contributed by atoms with Crippen LogP contribution in [0.5, 0.6) is 0 Å². The van der Waals surface area contributed by atoms with Gasteiger partial charge >= 0.3 is 5.97 Å². The fourth-order valence-corrected chi connectivity index (χ4v) is 3.03. The van der Waals surface area contributed by atoms with E-state index in [0.29, 0.717) is 6.42 Å². The molecular weight excluding hydrogens is 278 g/mol. The number of β-lactam (4-membered cyclic amide) rings is 1. The Bertz CT molecular complexity index is 524. The van der Waals surface area contributed by atoms with Crippen molar-refractivity contribution >= 4 is 11.9 Å². The summed E-state index contributed by atoms with van der Waals surface area (Å²) in [6.45, 7) is 6.02. The minimum atomic E-state index is -0.448. The quantitative estimate of drug-likeness (QED) is 0.438. The van der Waals surface area contributed by atoms with Crippen molar-refractivity contribution < 1.29 is 14.3 Å². The van der Waals surface area contributed by atoms with Gasteiger partial charge in [0.1, 0.15) is 0 Å². The van der Waals surface area contributed by atoms with Crippen molar-refractivity contribution in [3.63, 3.8) is 0 Å². The summed E-state index contributed by atoms with van der Waals surface area (Å²) in [5, 5.41) is 0. The van der Waals surface area contributed by atoms with Gasteiger partial charge in [-0.3, -0.25) is 9.59 Å². The van der Waals surface area contributed by atoms with E-state index in [1.54, 1.807) is 4.90 Å². The number of hydrogen-bond acceptors (Lipinski definition) is 3. The van der Waals surface area contributed by atoms with Crippen LogP contribution in [0, 0.1) is 5.41 Å². The van der Waals surface area contributed by atoms with Crippen molar-refractivity contribution in [3.8, 4) is 0 Å². The Kier molecular flexibility index (Phi) is 5.22. The predicted octanol–water partition coefficient (Wildman–Crippen LogP) is 3.68. The van der Waals surface area contributed by atoms with Gasteiger partial charge < -0.3 is 9.64 Å². The Morgan fingerprint density at radius 1 is 1.23 bits per heavy atom. The number of esters is 1. The zero-order valence-corrected chi connectivity index (χ0v) is 13.7. The zero-order chi connectivity index (χ0) is 16.2. The van der Waals surface area contributed by atoms with Crippen LogP contribution in [0.4, 0.5) is 0 Å². The number of unbranched alkanes of at least 4 members (excludes halogenated alkanes) is 2. The second-order valence-electron chi connectivity index (χ2n) is 6.41. The molecule has 0 spiro atoms. The third kappa shape index (κ3) is 3.32. The van der Waals surface area contributed by atoms with Crippen LogP contribution < -0.4 is 0 Å². The molecule has 1 heterocycles. The maximum Gasteiger partial charge on any atom is 0.307 e. The molecule has 0 radical (unpaired) electrons. The summed E-state index contributed by atoms with van der Waals surface area (Å²) in [4.78, 5) is 25.6. The van der Waals surface area contributed by atoms with E-state index in [9.17, 15) is 9.59 Å². The van der Waals surface area contributed by atoms with Gasteiger partial charge in [0, 0.05) is 6.42 Å². The highest BCUT2D eigenvalue weighted by atomic mass is 16.5. The van der Waals surface area contributed by atoms with E-state index < -0.39 is 5.41 Å². The Balaban J connectivity index is 1.95.